The summed E-state index contributed by atoms with van der Waals surface area (Å²) in [6, 6.07) is 10.2. The first-order valence-corrected chi connectivity index (χ1v) is 7.58. The lowest BCUT2D eigenvalue weighted by Crippen LogP contribution is -2.41. The summed E-state index contributed by atoms with van der Waals surface area (Å²) in [6.45, 7) is 4.89. The van der Waals surface area contributed by atoms with Crippen LogP contribution in [0.15, 0.2) is 34.9 Å². The van der Waals surface area contributed by atoms with Crippen molar-refractivity contribution in [3.63, 3.8) is 0 Å². The zero-order chi connectivity index (χ0) is 14.7. The second kappa shape index (κ2) is 7.72. The quantitative estimate of drug-likeness (QED) is 0.937. The van der Waals surface area contributed by atoms with Crippen molar-refractivity contribution in [2.45, 2.75) is 32.4 Å². The molecule has 5 nitrogen and oxygen atoms in total. The van der Waals surface area contributed by atoms with Gasteiger partial charge in [0.05, 0.1) is 6.54 Å². The first kappa shape index (κ1) is 16.9. The van der Waals surface area contributed by atoms with Crippen molar-refractivity contribution < 1.29 is 4.52 Å². The molecule has 0 bridgehead atoms. The van der Waals surface area contributed by atoms with Crippen LogP contribution < -0.4 is 5.73 Å². The Kier molecular flexibility index (Phi) is 5.94. The molecule has 2 unspecified atom stereocenters. The third kappa shape index (κ3) is 4.06. The van der Waals surface area contributed by atoms with Gasteiger partial charge in [-0.25, -0.2) is 0 Å². The highest BCUT2D eigenvalue weighted by atomic mass is 35.5. The standard InChI is InChI=1S/C16H22N4O.ClH/c1-12(17)14-8-5-9-20(10-14)11-15-18-16(19-21-15)13-6-3-2-4-7-13;/h2-4,6-7,12,14H,5,8-11,17H2,1H3;1H. The second-order valence-electron chi connectivity index (χ2n) is 5.87. The molecule has 1 saturated heterocycles. The predicted octanol–water partition coefficient (Wildman–Crippen LogP) is 2.72. The van der Waals surface area contributed by atoms with Gasteiger partial charge in [0.15, 0.2) is 0 Å². The van der Waals surface area contributed by atoms with Gasteiger partial charge >= 0.3 is 0 Å². The Morgan fingerprint density at radius 1 is 1.36 bits per heavy atom. The van der Waals surface area contributed by atoms with Crippen LogP contribution in [0, 0.1) is 5.92 Å². The minimum Gasteiger partial charge on any atom is -0.338 e. The minimum atomic E-state index is 0. The van der Waals surface area contributed by atoms with Crippen molar-refractivity contribution in [3.8, 4) is 11.4 Å². The molecular formula is C16H23ClN4O. The topological polar surface area (TPSA) is 68.2 Å². The number of nitrogens with zero attached hydrogens (tertiary/aromatic N) is 3. The highest BCUT2D eigenvalue weighted by Crippen LogP contribution is 2.21. The summed E-state index contributed by atoms with van der Waals surface area (Å²) in [5, 5.41) is 4.07. The first-order valence-electron chi connectivity index (χ1n) is 7.58. The maximum Gasteiger partial charge on any atom is 0.241 e. The molecule has 1 aromatic heterocycles. The van der Waals surface area contributed by atoms with E-state index in [9.17, 15) is 0 Å². The van der Waals surface area contributed by atoms with Crippen LogP contribution in [-0.4, -0.2) is 34.2 Å². The number of halogens is 1. The van der Waals surface area contributed by atoms with Gasteiger partial charge < -0.3 is 10.3 Å². The molecule has 0 spiro atoms. The SMILES string of the molecule is CC(N)C1CCCN(Cc2nc(-c3ccccc3)no2)C1.Cl. The van der Waals surface area contributed by atoms with E-state index < -0.39 is 0 Å². The normalized spacial score (nSPS) is 20.4. The van der Waals surface area contributed by atoms with Gasteiger partial charge in [-0.3, -0.25) is 4.90 Å². The van der Waals surface area contributed by atoms with Crippen LogP contribution in [0.1, 0.15) is 25.7 Å². The average Bonchev–Trinajstić information content (AvgIpc) is 2.97. The molecule has 6 heteroatoms. The van der Waals surface area contributed by atoms with Gasteiger partial charge in [0, 0.05) is 18.2 Å². The monoisotopic (exact) mass is 322 g/mol. The summed E-state index contributed by atoms with van der Waals surface area (Å²) >= 11 is 0. The third-order valence-corrected chi connectivity index (χ3v) is 4.14. The Bertz CT molecular complexity index is 573. The average molecular weight is 323 g/mol. The third-order valence-electron chi connectivity index (χ3n) is 4.14. The lowest BCUT2D eigenvalue weighted by molar-refractivity contribution is 0.139. The molecule has 0 aliphatic carbocycles. The molecule has 2 aromatic rings. The second-order valence-corrected chi connectivity index (χ2v) is 5.87. The van der Waals surface area contributed by atoms with Gasteiger partial charge in [-0.15, -0.1) is 12.4 Å². The lowest BCUT2D eigenvalue weighted by atomic mass is 9.92. The van der Waals surface area contributed by atoms with E-state index in [1.165, 1.54) is 12.8 Å². The number of hydrogen-bond acceptors (Lipinski definition) is 5. The number of aromatic nitrogens is 2. The molecule has 3 rings (SSSR count). The molecule has 1 aromatic carbocycles. The summed E-state index contributed by atoms with van der Waals surface area (Å²) in [4.78, 5) is 6.85. The number of likely N-dealkylation sites (tertiary alicyclic amines) is 1. The molecule has 0 radical (unpaired) electrons. The fourth-order valence-electron chi connectivity index (χ4n) is 2.88. The highest BCUT2D eigenvalue weighted by molar-refractivity contribution is 5.85. The van der Waals surface area contributed by atoms with Crippen LogP contribution in [0.5, 0.6) is 0 Å². The van der Waals surface area contributed by atoms with Gasteiger partial charge in [-0.2, -0.15) is 4.98 Å². The van der Waals surface area contributed by atoms with E-state index in [-0.39, 0.29) is 18.4 Å². The van der Waals surface area contributed by atoms with Crippen molar-refractivity contribution in [1.82, 2.24) is 15.0 Å². The number of hydrogen-bond donors (Lipinski definition) is 1. The van der Waals surface area contributed by atoms with Gasteiger partial charge in [-0.05, 0) is 32.2 Å². The van der Waals surface area contributed by atoms with Crippen LogP contribution in [-0.2, 0) is 6.54 Å². The molecule has 0 saturated carbocycles. The van der Waals surface area contributed by atoms with E-state index in [0.29, 0.717) is 24.2 Å². The molecule has 2 N–H and O–H groups in total. The van der Waals surface area contributed by atoms with Crippen LogP contribution in [0.4, 0.5) is 0 Å². The van der Waals surface area contributed by atoms with Gasteiger partial charge in [0.2, 0.25) is 11.7 Å². The predicted molar refractivity (Wildman–Crippen MR) is 88.6 cm³/mol. The van der Waals surface area contributed by atoms with E-state index in [0.717, 1.165) is 18.7 Å². The van der Waals surface area contributed by atoms with E-state index in [1.54, 1.807) is 0 Å². The molecule has 120 valence electrons. The van der Waals surface area contributed by atoms with E-state index in [2.05, 4.69) is 22.0 Å². The Hall–Kier alpha value is -1.43. The summed E-state index contributed by atoms with van der Waals surface area (Å²) in [7, 11) is 0. The van der Waals surface area contributed by atoms with Crippen molar-refractivity contribution in [1.29, 1.82) is 0 Å². The Morgan fingerprint density at radius 2 is 2.14 bits per heavy atom. The fourth-order valence-corrected chi connectivity index (χ4v) is 2.88. The Labute approximate surface area is 137 Å². The van der Waals surface area contributed by atoms with Crippen LogP contribution in [0.25, 0.3) is 11.4 Å². The van der Waals surface area contributed by atoms with Crippen LogP contribution in [0.2, 0.25) is 0 Å². The zero-order valence-electron chi connectivity index (χ0n) is 12.8. The van der Waals surface area contributed by atoms with Crippen LogP contribution >= 0.6 is 12.4 Å². The van der Waals surface area contributed by atoms with Gasteiger partial charge in [-0.1, -0.05) is 35.5 Å². The molecule has 0 amide bonds. The maximum atomic E-state index is 6.02. The number of benzene rings is 1. The van der Waals surface area contributed by atoms with Gasteiger partial charge in [0.1, 0.15) is 0 Å². The van der Waals surface area contributed by atoms with Crippen molar-refractivity contribution in [2.24, 2.45) is 11.7 Å². The number of rotatable bonds is 4. The lowest BCUT2D eigenvalue weighted by Gasteiger charge is -2.33. The number of nitrogens with two attached hydrogens (primary N) is 1. The molecule has 1 aliphatic rings. The summed E-state index contributed by atoms with van der Waals surface area (Å²) in [5.74, 6) is 1.90. The molecule has 1 fully saturated rings. The van der Waals surface area contributed by atoms with E-state index >= 15 is 0 Å². The minimum absolute atomic E-state index is 0. The summed E-state index contributed by atoms with van der Waals surface area (Å²) in [5.41, 5.74) is 7.01. The first-order chi connectivity index (χ1) is 10.2. The number of piperidine rings is 1. The Morgan fingerprint density at radius 3 is 2.86 bits per heavy atom. The van der Waals surface area contributed by atoms with Crippen molar-refractivity contribution in [2.75, 3.05) is 13.1 Å². The molecule has 2 heterocycles. The van der Waals surface area contributed by atoms with Crippen molar-refractivity contribution in [3.05, 3.63) is 36.2 Å². The smallest absolute Gasteiger partial charge is 0.241 e. The molecular weight excluding hydrogens is 300 g/mol. The molecule has 2 atom stereocenters. The molecule has 1 aliphatic heterocycles. The van der Waals surface area contributed by atoms with Gasteiger partial charge in [0.25, 0.3) is 0 Å². The summed E-state index contributed by atoms with van der Waals surface area (Å²) < 4.78 is 5.38. The van der Waals surface area contributed by atoms with Crippen LogP contribution in [0.3, 0.4) is 0 Å². The molecule has 22 heavy (non-hydrogen) atoms. The fraction of sp³-hybridized carbons (Fsp3) is 0.500. The van der Waals surface area contributed by atoms with E-state index in [1.807, 2.05) is 30.3 Å². The van der Waals surface area contributed by atoms with E-state index in [4.69, 9.17) is 10.3 Å². The highest BCUT2D eigenvalue weighted by Gasteiger charge is 2.24. The largest absolute Gasteiger partial charge is 0.338 e. The summed E-state index contributed by atoms with van der Waals surface area (Å²) in [6.07, 6.45) is 2.40. The Balaban J connectivity index is 0.00000176. The maximum absolute atomic E-state index is 6.02. The zero-order valence-corrected chi connectivity index (χ0v) is 13.6. The van der Waals surface area contributed by atoms with Crippen molar-refractivity contribution >= 4 is 12.4 Å².